The van der Waals surface area contributed by atoms with Crippen molar-refractivity contribution >= 4 is 33.8 Å². The Morgan fingerprint density at radius 2 is 1.78 bits per heavy atom. The van der Waals surface area contributed by atoms with Crippen LogP contribution >= 0.6 is 15.9 Å². The fourth-order valence-corrected chi connectivity index (χ4v) is 8.07. The number of rotatable bonds is 11. The predicted molar refractivity (Wildman–Crippen MR) is 180 cm³/mol. The molecule has 0 bridgehead atoms. The van der Waals surface area contributed by atoms with Gasteiger partial charge in [-0.1, -0.05) is 84.3 Å². The van der Waals surface area contributed by atoms with Gasteiger partial charge in [0.15, 0.2) is 0 Å². The number of piperidine rings is 1. The van der Waals surface area contributed by atoms with Gasteiger partial charge in [0.05, 0.1) is 24.5 Å². The highest BCUT2D eigenvalue weighted by atomic mass is 79.9. The molecular weight excluding hydrogens is 632 g/mol. The molecule has 2 saturated heterocycles. The number of likely N-dealkylation sites (tertiary alicyclic amines) is 2. The largest absolute Gasteiger partial charge is 0.507 e. The molecule has 4 atom stereocenters. The van der Waals surface area contributed by atoms with E-state index in [1.165, 1.54) is 10.5 Å². The number of benzene rings is 2. The van der Waals surface area contributed by atoms with Crippen molar-refractivity contribution in [2.24, 2.45) is 23.7 Å². The molecule has 8 heteroatoms. The summed E-state index contributed by atoms with van der Waals surface area (Å²) in [7, 11) is 0. The number of carbonyl (C=O) groups is 2. The molecule has 0 radical (unpaired) electrons. The second-order valence-corrected chi connectivity index (χ2v) is 14.1. The van der Waals surface area contributed by atoms with Gasteiger partial charge in [0.1, 0.15) is 5.75 Å². The number of imide groups is 1. The van der Waals surface area contributed by atoms with E-state index in [-0.39, 0.29) is 36.1 Å². The second-order valence-electron chi connectivity index (χ2n) is 13.2. The van der Waals surface area contributed by atoms with Gasteiger partial charge < -0.3 is 15.3 Å². The van der Waals surface area contributed by atoms with Gasteiger partial charge in [0.2, 0.25) is 11.8 Å². The predicted octanol–water partition coefficient (Wildman–Crippen LogP) is 6.32. The molecule has 2 heterocycles. The molecule has 0 unspecified atom stereocenters. The summed E-state index contributed by atoms with van der Waals surface area (Å²) in [6, 6.07) is 15.5. The molecule has 3 N–H and O–H groups in total. The molecule has 2 aliphatic heterocycles. The first-order valence-corrected chi connectivity index (χ1v) is 17.2. The topological polar surface area (TPSA) is 101 Å². The number of aliphatic hydroxyl groups excluding tert-OH is 2. The van der Waals surface area contributed by atoms with Crippen molar-refractivity contribution in [3.05, 3.63) is 80.8 Å². The summed E-state index contributed by atoms with van der Waals surface area (Å²) in [6.07, 6.45) is 4.85. The van der Waals surface area contributed by atoms with Crippen molar-refractivity contribution in [3.63, 3.8) is 0 Å². The smallest absolute Gasteiger partial charge is 0.234 e. The normalized spacial score (nSPS) is 24.1. The molecule has 7 nitrogen and oxygen atoms in total. The fraction of sp³-hybridized carbons (Fsp3) is 0.514. The number of phenolic OH excluding ortho intramolecular Hbond substituents is 1. The van der Waals surface area contributed by atoms with E-state index >= 15 is 0 Å². The van der Waals surface area contributed by atoms with Gasteiger partial charge in [-0.05, 0) is 73.8 Å². The summed E-state index contributed by atoms with van der Waals surface area (Å²) in [5.74, 6) is -1.74. The van der Waals surface area contributed by atoms with E-state index in [9.17, 15) is 24.9 Å². The standard InChI is InChI=1S/C37H47BrN2O5/c1-4-24(18-26-19-27(38)11-13-32(26)42)10-12-33(43)34-29(23(2)3)20-30-35(31(34)22-41)37(45)40(36(30)44)28-14-16-39(17-15-28)21-25-8-6-5-7-9-25/h5-9,11,13,18-19,23,28,30-31,33,35,41-43H,4,10,12,14-17,20-22H2,1-3H3/b24-18+/t30-,31+,33-,35-/m1/s1. The maximum absolute atomic E-state index is 14.1. The summed E-state index contributed by atoms with van der Waals surface area (Å²) in [6.45, 7) is 8.39. The third-order valence-electron chi connectivity index (χ3n) is 10.1. The SMILES string of the molecule is CC/C(=C\c1cc(Br)ccc1O)CC[C@@H](O)C1=C(C(C)C)C[C@H]2C(=O)N(C3CCN(Cc4ccccc4)CC3)C(=O)[C@H]2[C@H]1CO. The van der Waals surface area contributed by atoms with Gasteiger partial charge >= 0.3 is 0 Å². The lowest BCUT2D eigenvalue weighted by atomic mass is 9.66. The lowest BCUT2D eigenvalue weighted by Crippen LogP contribution is -2.47. The van der Waals surface area contributed by atoms with Gasteiger partial charge in [-0.2, -0.15) is 0 Å². The van der Waals surface area contributed by atoms with Crippen LogP contribution in [-0.2, 0) is 16.1 Å². The molecule has 3 aliphatic rings. The van der Waals surface area contributed by atoms with Crippen molar-refractivity contribution in [1.82, 2.24) is 9.80 Å². The molecule has 2 aromatic rings. The number of allylic oxidation sites excluding steroid dienone is 2. The number of hydrogen-bond donors (Lipinski definition) is 3. The van der Waals surface area contributed by atoms with E-state index in [4.69, 9.17) is 0 Å². The van der Waals surface area contributed by atoms with E-state index in [2.05, 4.69) is 53.7 Å². The maximum atomic E-state index is 14.1. The van der Waals surface area contributed by atoms with Crippen LogP contribution in [0.5, 0.6) is 5.75 Å². The number of nitrogens with zero attached hydrogens (tertiary/aromatic N) is 2. The average molecular weight is 680 g/mol. The summed E-state index contributed by atoms with van der Waals surface area (Å²) < 4.78 is 0.874. The van der Waals surface area contributed by atoms with Crippen molar-refractivity contribution in [2.75, 3.05) is 19.7 Å². The minimum atomic E-state index is -0.843. The Morgan fingerprint density at radius 1 is 1.07 bits per heavy atom. The highest BCUT2D eigenvalue weighted by molar-refractivity contribution is 9.10. The fourth-order valence-electron chi connectivity index (χ4n) is 7.70. The van der Waals surface area contributed by atoms with Crippen molar-refractivity contribution in [1.29, 1.82) is 0 Å². The van der Waals surface area contributed by atoms with E-state index in [0.29, 0.717) is 24.8 Å². The Kier molecular flexibility index (Phi) is 11.0. The van der Waals surface area contributed by atoms with Crippen molar-refractivity contribution < 1.29 is 24.9 Å². The Balaban J connectivity index is 1.31. The summed E-state index contributed by atoms with van der Waals surface area (Å²) >= 11 is 3.47. The molecule has 2 aromatic carbocycles. The zero-order valence-electron chi connectivity index (χ0n) is 26.7. The highest BCUT2D eigenvalue weighted by Crippen LogP contribution is 2.49. The number of phenols is 1. The van der Waals surface area contributed by atoms with Gasteiger partial charge in [-0.3, -0.25) is 19.4 Å². The van der Waals surface area contributed by atoms with Crippen LogP contribution in [0.1, 0.15) is 70.4 Å². The third kappa shape index (κ3) is 7.30. The molecule has 0 aromatic heterocycles. The number of amides is 2. The zero-order valence-corrected chi connectivity index (χ0v) is 28.2. The van der Waals surface area contributed by atoms with Crippen LogP contribution in [0.15, 0.2) is 69.7 Å². The van der Waals surface area contributed by atoms with E-state index in [1.807, 2.05) is 30.3 Å². The Labute approximate surface area is 275 Å². The quantitative estimate of drug-likeness (QED) is 0.190. The molecule has 242 valence electrons. The Bertz CT molecular complexity index is 1430. The third-order valence-corrected chi connectivity index (χ3v) is 10.6. The highest BCUT2D eigenvalue weighted by Gasteiger charge is 2.56. The molecular formula is C37H47BrN2O5. The van der Waals surface area contributed by atoms with E-state index in [1.54, 1.807) is 12.1 Å². The van der Waals surface area contributed by atoms with Gasteiger partial charge in [0.25, 0.3) is 0 Å². The lowest BCUT2D eigenvalue weighted by molar-refractivity contribution is -0.144. The first-order valence-electron chi connectivity index (χ1n) is 16.5. The van der Waals surface area contributed by atoms with Crippen LogP contribution in [0, 0.1) is 23.7 Å². The number of aromatic hydroxyl groups is 1. The Hall–Kier alpha value is -2.78. The maximum Gasteiger partial charge on any atom is 0.234 e. The van der Waals surface area contributed by atoms with Crippen LogP contribution in [0.3, 0.4) is 0 Å². The van der Waals surface area contributed by atoms with Crippen LogP contribution < -0.4 is 0 Å². The van der Waals surface area contributed by atoms with Crippen LogP contribution in [-0.4, -0.2) is 68.8 Å². The van der Waals surface area contributed by atoms with Crippen molar-refractivity contribution in [2.45, 2.75) is 78.0 Å². The first-order chi connectivity index (χ1) is 21.6. The van der Waals surface area contributed by atoms with Crippen LogP contribution in [0.25, 0.3) is 6.08 Å². The first kappa shape index (κ1) is 33.6. The van der Waals surface area contributed by atoms with E-state index < -0.39 is 23.9 Å². The average Bonchev–Trinajstić information content (AvgIpc) is 3.29. The molecule has 45 heavy (non-hydrogen) atoms. The van der Waals surface area contributed by atoms with Gasteiger partial charge in [0, 0.05) is 41.6 Å². The van der Waals surface area contributed by atoms with E-state index in [0.717, 1.165) is 60.1 Å². The molecule has 0 saturated carbocycles. The van der Waals surface area contributed by atoms with Crippen molar-refractivity contribution in [3.8, 4) is 5.75 Å². The summed E-state index contributed by atoms with van der Waals surface area (Å²) in [5, 5.41) is 32.7. The minimum Gasteiger partial charge on any atom is -0.507 e. The molecule has 5 rings (SSSR count). The number of fused-ring (bicyclic) bond motifs is 1. The summed E-state index contributed by atoms with van der Waals surface area (Å²) in [4.78, 5) is 31.9. The van der Waals surface area contributed by atoms with Crippen LogP contribution in [0.4, 0.5) is 0 Å². The molecule has 2 fully saturated rings. The van der Waals surface area contributed by atoms with Gasteiger partial charge in [-0.25, -0.2) is 0 Å². The zero-order chi connectivity index (χ0) is 32.2. The van der Waals surface area contributed by atoms with Gasteiger partial charge in [-0.15, -0.1) is 0 Å². The monoisotopic (exact) mass is 678 g/mol. The number of halogens is 1. The number of aliphatic hydroxyl groups is 2. The lowest BCUT2D eigenvalue weighted by Gasteiger charge is -2.38. The molecule has 2 amide bonds. The molecule has 1 aliphatic carbocycles. The Morgan fingerprint density at radius 3 is 2.42 bits per heavy atom. The summed E-state index contributed by atoms with van der Waals surface area (Å²) in [5.41, 5.74) is 4.80. The molecule has 0 spiro atoms. The number of carbonyl (C=O) groups excluding carboxylic acids is 2. The number of hydrogen-bond acceptors (Lipinski definition) is 6. The van der Waals surface area contributed by atoms with Crippen LogP contribution in [0.2, 0.25) is 0 Å². The second kappa shape index (κ2) is 14.8. The minimum absolute atomic E-state index is 0.0719.